The van der Waals surface area contributed by atoms with Crippen molar-refractivity contribution in [2.75, 3.05) is 29.4 Å². The van der Waals surface area contributed by atoms with Crippen LogP contribution in [-0.2, 0) is 10.0 Å². The maximum absolute atomic E-state index is 14.1. The van der Waals surface area contributed by atoms with E-state index in [9.17, 15) is 17.2 Å². The molecule has 3 aromatic rings. The summed E-state index contributed by atoms with van der Waals surface area (Å²) in [6.45, 7) is 2.85. The van der Waals surface area contributed by atoms with E-state index < -0.39 is 26.6 Å². The third-order valence-corrected chi connectivity index (χ3v) is 6.10. The molecule has 0 radical (unpaired) electrons. The van der Waals surface area contributed by atoms with Crippen LogP contribution < -0.4 is 20.5 Å². The molecule has 170 valence electrons. The van der Waals surface area contributed by atoms with E-state index in [1.165, 1.54) is 19.4 Å². The molecular formula is C22H24F2N4O3S. The molecule has 0 aliphatic rings. The van der Waals surface area contributed by atoms with Crippen LogP contribution in [0.3, 0.4) is 0 Å². The number of rotatable bonds is 9. The van der Waals surface area contributed by atoms with Crippen LogP contribution in [0, 0.1) is 11.6 Å². The van der Waals surface area contributed by atoms with Gasteiger partial charge in [-0.2, -0.15) is 0 Å². The summed E-state index contributed by atoms with van der Waals surface area (Å²) in [6.07, 6.45) is 3.54. The van der Waals surface area contributed by atoms with Gasteiger partial charge in [-0.25, -0.2) is 22.2 Å². The first-order valence-corrected chi connectivity index (χ1v) is 11.4. The summed E-state index contributed by atoms with van der Waals surface area (Å²) in [6, 6.07) is 9.10. The summed E-state index contributed by atoms with van der Waals surface area (Å²) in [5, 5.41) is 3.28. The highest BCUT2D eigenvalue weighted by atomic mass is 32.2. The van der Waals surface area contributed by atoms with Crippen LogP contribution in [-0.4, -0.2) is 27.1 Å². The molecule has 10 heteroatoms. The van der Waals surface area contributed by atoms with Crippen molar-refractivity contribution in [2.24, 2.45) is 0 Å². The van der Waals surface area contributed by atoms with Crippen LogP contribution in [0.15, 0.2) is 53.6 Å². The first-order valence-electron chi connectivity index (χ1n) is 9.91. The van der Waals surface area contributed by atoms with Gasteiger partial charge in [0, 0.05) is 24.4 Å². The smallest absolute Gasteiger partial charge is 0.264 e. The minimum absolute atomic E-state index is 0.00316. The Balaban J connectivity index is 1.96. The lowest BCUT2D eigenvalue weighted by atomic mass is 10.1. The molecule has 0 bridgehead atoms. The van der Waals surface area contributed by atoms with Crippen LogP contribution in [0.1, 0.15) is 19.8 Å². The van der Waals surface area contributed by atoms with Crippen molar-refractivity contribution in [2.45, 2.75) is 24.7 Å². The van der Waals surface area contributed by atoms with Gasteiger partial charge in [-0.3, -0.25) is 4.72 Å². The molecule has 0 saturated carbocycles. The summed E-state index contributed by atoms with van der Waals surface area (Å²) in [5.74, 6) is -2.09. The van der Waals surface area contributed by atoms with Gasteiger partial charge in [0.05, 0.1) is 18.5 Å². The Kier molecular flexibility index (Phi) is 7.14. The molecule has 0 atom stereocenters. The first kappa shape index (κ1) is 23.3. The Labute approximate surface area is 185 Å². The van der Waals surface area contributed by atoms with Crippen molar-refractivity contribution in [3.05, 3.63) is 60.3 Å². The fourth-order valence-corrected chi connectivity index (χ4v) is 4.14. The number of pyridine rings is 1. The maximum atomic E-state index is 14.1. The number of aromatic nitrogens is 1. The van der Waals surface area contributed by atoms with Crippen LogP contribution in [0.25, 0.3) is 11.1 Å². The zero-order chi connectivity index (χ0) is 23.3. The van der Waals surface area contributed by atoms with Gasteiger partial charge in [0.1, 0.15) is 22.2 Å². The lowest BCUT2D eigenvalue weighted by Crippen LogP contribution is -2.15. The Morgan fingerprint density at radius 1 is 1.06 bits per heavy atom. The van der Waals surface area contributed by atoms with E-state index in [4.69, 9.17) is 10.5 Å². The van der Waals surface area contributed by atoms with E-state index in [-0.39, 0.29) is 11.6 Å². The largest absolute Gasteiger partial charge is 0.480 e. The summed E-state index contributed by atoms with van der Waals surface area (Å²) in [7, 11) is -3.04. The molecule has 0 fully saturated rings. The molecule has 1 heterocycles. The number of benzene rings is 2. The normalized spacial score (nSPS) is 11.2. The van der Waals surface area contributed by atoms with Gasteiger partial charge in [0.2, 0.25) is 5.88 Å². The molecule has 4 N–H and O–H groups in total. The molecule has 3 rings (SSSR count). The molecule has 0 aliphatic heterocycles. The number of methoxy groups -OCH3 is 1. The van der Waals surface area contributed by atoms with E-state index in [1.807, 2.05) is 6.07 Å². The van der Waals surface area contributed by atoms with Crippen molar-refractivity contribution >= 4 is 27.1 Å². The van der Waals surface area contributed by atoms with Gasteiger partial charge in [0.25, 0.3) is 10.0 Å². The summed E-state index contributed by atoms with van der Waals surface area (Å²) >= 11 is 0. The minimum atomic E-state index is -4.37. The van der Waals surface area contributed by atoms with Gasteiger partial charge < -0.3 is 15.8 Å². The topological polar surface area (TPSA) is 106 Å². The second-order valence-electron chi connectivity index (χ2n) is 7.04. The van der Waals surface area contributed by atoms with Gasteiger partial charge in [-0.15, -0.1) is 0 Å². The highest BCUT2D eigenvalue weighted by Gasteiger charge is 2.22. The van der Waals surface area contributed by atoms with Crippen molar-refractivity contribution in [3.63, 3.8) is 0 Å². The minimum Gasteiger partial charge on any atom is -0.480 e. The zero-order valence-electron chi connectivity index (χ0n) is 17.7. The van der Waals surface area contributed by atoms with Crippen LogP contribution in [0.4, 0.5) is 25.8 Å². The molecule has 0 saturated heterocycles. The number of sulfonamides is 1. The van der Waals surface area contributed by atoms with E-state index in [0.717, 1.165) is 42.8 Å². The number of ether oxygens (including phenoxy) is 1. The number of nitrogens with one attached hydrogen (secondary N) is 2. The highest BCUT2D eigenvalue weighted by molar-refractivity contribution is 7.92. The quantitative estimate of drug-likeness (QED) is 0.316. The summed E-state index contributed by atoms with van der Waals surface area (Å²) in [5.41, 5.74) is 8.71. The van der Waals surface area contributed by atoms with Crippen molar-refractivity contribution in [1.82, 2.24) is 4.98 Å². The van der Waals surface area contributed by atoms with Crippen molar-refractivity contribution < 1.29 is 21.9 Å². The van der Waals surface area contributed by atoms with Crippen molar-refractivity contribution in [3.8, 4) is 17.0 Å². The first-order chi connectivity index (χ1) is 15.2. The number of unbranched alkanes of at least 4 members (excludes halogenated alkanes) is 1. The molecule has 0 unspecified atom stereocenters. The molecule has 0 amide bonds. The number of nitrogens with zero attached hydrogens (tertiary/aromatic N) is 1. The zero-order valence-corrected chi connectivity index (χ0v) is 18.5. The summed E-state index contributed by atoms with van der Waals surface area (Å²) < 4.78 is 60.1. The van der Waals surface area contributed by atoms with E-state index in [2.05, 4.69) is 21.9 Å². The Morgan fingerprint density at radius 3 is 2.50 bits per heavy atom. The number of nitrogen functional groups attached to an aromatic ring is 1. The molecule has 32 heavy (non-hydrogen) atoms. The van der Waals surface area contributed by atoms with Gasteiger partial charge in [-0.05, 0) is 42.3 Å². The van der Waals surface area contributed by atoms with Crippen LogP contribution in [0.5, 0.6) is 5.88 Å². The molecular weight excluding hydrogens is 438 g/mol. The molecule has 1 aromatic heterocycles. The van der Waals surface area contributed by atoms with Crippen LogP contribution >= 0.6 is 0 Å². The number of anilines is 3. The Hall–Kier alpha value is -3.40. The number of nitrogens with two attached hydrogens (primary N) is 1. The van der Waals surface area contributed by atoms with Crippen molar-refractivity contribution in [1.29, 1.82) is 0 Å². The number of hydrogen-bond acceptors (Lipinski definition) is 6. The average Bonchev–Trinajstić information content (AvgIpc) is 2.74. The van der Waals surface area contributed by atoms with Crippen LogP contribution in [0.2, 0.25) is 0 Å². The summed E-state index contributed by atoms with van der Waals surface area (Å²) in [4.78, 5) is 3.47. The average molecular weight is 463 g/mol. The van der Waals surface area contributed by atoms with Gasteiger partial charge >= 0.3 is 0 Å². The fourth-order valence-electron chi connectivity index (χ4n) is 3.03. The predicted octanol–water partition coefficient (Wildman–Crippen LogP) is 4.63. The third kappa shape index (κ3) is 5.25. The van der Waals surface area contributed by atoms with Gasteiger partial charge in [0.15, 0.2) is 0 Å². The fraction of sp³-hybridized carbons (Fsp3) is 0.227. The lowest BCUT2D eigenvalue weighted by Gasteiger charge is -2.14. The van der Waals surface area contributed by atoms with E-state index in [1.54, 1.807) is 12.1 Å². The predicted molar refractivity (Wildman–Crippen MR) is 121 cm³/mol. The highest BCUT2D eigenvalue weighted by Crippen LogP contribution is 2.33. The number of hydrogen-bond donors (Lipinski definition) is 3. The van der Waals surface area contributed by atoms with E-state index in [0.29, 0.717) is 17.3 Å². The third-order valence-electron chi connectivity index (χ3n) is 4.70. The monoisotopic (exact) mass is 462 g/mol. The van der Waals surface area contributed by atoms with Gasteiger partial charge in [-0.1, -0.05) is 19.4 Å². The lowest BCUT2D eigenvalue weighted by molar-refractivity contribution is 0.400. The molecule has 0 spiro atoms. The second-order valence-corrected chi connectivity index (χ2v) is 8.69. The molecule has 7 nitrogen and oxygen atoms in total. The SMILES string of the molecule is CCCCNc1cc(-c2cnc(OC)c(NS(=O)(=O)c3ccc(F)cc3F)c2)ccc1N. The standard InChI is InChI=1S/C22H24F2N4O3S/c1-3-4-9-26-19-10-14(5-7-18(19)25)15-11-20(22(31-2)27-13-15)28-32(29,30)21-8-6-16(23)12-17(21)24/h5-8,10-13,26,28H,3-4,9,25H2,1-2H3. The molecule has 0 aliphatic carbocycles. The van der Waals surface area contributed by atoms with E-state index >= 15 is 0 Å². The second kappa shape index (κ2) is 9.82. The molecule has 2 aromatic carbocycles. The maximum Gasteiger partial charge on any atom is 0.264 e. The Morgan fingerprint density at radius 2 is 1.81 bits per heavy atom. The number of halogens is 2. The Bertz CT molecular complexity index is 1220.